The Bertz CT molecular complexity index is 1690. The number of carboxylic acid groups (broad SMARTS) is 1. The summed E-state index contributed by atoms with van der Waals surface area (Å²) >= 11 is 0. The summed E-state index contributed by atoms with van der Waals surface area (Å²) < 4.78 is 6.16. The molecule has 0 radical (unpaired) electrons. The van der Waals surface area contributed by atoms with Crippen LogP contribution in [-0.2, 0) is 30.3 Å². The van der Waals surface area contributed by atoms with E-state index in [0.717, 1.165) is 62.5 Å². The number of aliphatic carboxylic acids is 1. The quantitative estimate of drug-likeness (QED) is 0.231. The van der Waals surface area contributed by atoms with Crippen LogP contribution in [0.4, 0.5) is 0 Å². The van der Waals surface area contributed by atoms with Crippen LogP contribution in [-0.4, -0.2) is 64.5 Å². The lowest BCUT2D eigenvalue weighted by Crippen LogP contribution is -2.66. The molecule has 0 aromatic heterocycles. The number of ether oxygens (including phenoxy) is 1. The fraction of sp³-hybridized carbons (Fsp3) is 0.739. The molecule has 0 saturated heterocycles. The van der Waals surface area contributed by atoms with E-state index in [2.05, 4.69) is 48.5 Å². The second-order valence-corrected chi connectivity index (χ2v) is 20.5. The van der Waals surface area contributed by atoms with Gasteiger partial charge in [0.15, 0.2) is 5.78 Å². The minimum atomic E-state index is -1.18. The first-order valence-corrected chi connectivity index (χ1v) is 20.7. The molecule has 1 aromatic carbocycles. The Hall–Kier alpha value is -3.00. The second kappa shape index (κ2) is 13.9. The number of amides is 1. The van der Waals surface area contributed by atoms with E-state index < -0.39 is 28.9 Å². The standard InChI is InChI=1S/C46H67NO7/c1-28(2)38-31(48)25-46(34(49)27-47(10)36(50)24-29-14-12-11-13-15-29)23-22-44(8)30(39(38)46)16-17-33-43(7)20-19-35(54-37(51)26-41(3,4)40(52)53)42(5,6)32(43)18-21-45(33,44)9/h11-15,28,30,32-35,49H,16-27H2,1-10H3,(H,52,53)/t30-,32+,33-,34+,35+,43+,44-,45-,46+/m1/s1. The van der Waals surface area contributed by atoms with E-state index in [4.69, 9.17) is 4.74 Å². The van der Waals surface area contributed by atoms with Crippen LogP contribution < -0.4 is 0 Å². The highest BCUT2D eigenvalue weighted by atomic mass is 16.5. The molecule has 0 aliphatic heterocycles. The van der Waals surface area contributed by atoms with Crippen molar-refractivity contribution < 1.29 is 34.1 Å². The number of ketones is 1. The monoisotopic (exact) mass is 745 g/mol. The Labute approximate surface area is 323 Å². The van der Waals surface area contributed by atoms with Crippen LogP contribution in [0.1, 0.15) is 132 Å². The van der Waals surface area contributed by atoms with Gasteiger partial charge in [-0.1, -0.05) is 84.4 Å². The maximum absolute atomic E-state index is 14.1. The van der Waals surface area contributed by atoms with Gasteiger partial charge in [0.25, 0.3) is 0 Å². The zero-order chi connectivity index (χ0) is 39.8. The number of aliphatic hydroxyl groups excluding tert-OH is 1. The van der Waals surface area contributed by atoms with Crippen LogP contribution in [0.2, 0.25) is 0 Å². The van der Waals surface area contributed by atoms with Crippen LogP contribution in [0.25, 0.3) is 0 Å². The van der Waals surface area contributed by atoms with Gasteiger partial charge in [0, 0.05) is 30.8 Å². The molecule has 0 spiro atoms. The average molecular weight is 746 g/mol. The molecule has 1 amide bonds. The van der Waals surface area contributed by atoms with Gasteiger partial charge in [-0.25, -0.2) is 0 Å². The van der Waals surface area contributed by atoms with E-state index >= 15 is 0 Å². The Balaban J connectivity index is 1.27. The molecule has 298 valence electrons. The number of Topliss-reactive ketones (excluding diaryl/α,β-unsaturated/α-hetero) is 1. The van der Waals surface area contributed by atoms with E-state index in [1.807, 2.05) is 30.3 Å². The van der Waals surface area contributed by atoms with E-state index in [0.29, 0.717) is 18.3 Å². The predicted molar refractivity (Wildman–Crippen MR) is 209 cm³/mol. The molecule has 8 nitrogen and oxygen atoms in total. The largest absolute Gasteiger partial charge is 0.481 e. The normalized spacial score (nSPS) is 36.4. The summed E-state index contributed by atoms with van der Waals surface area (Å²) in [6.45, 7) is 19.6. The summed E-state index contributed by atoms with van der Waals surface area (Å²) in [5.74, 6) is -0.270. The molecule has 5 aliphatic carbocycles. The molecule has 54 heavy (non-hydrogen) atoms. The molecule has 5 aliphatic rings. The van der Waals surface area contributed by atoms with Gasteiger partial charge in [0.2, 0.25) is 5.91 Å². The van der Waals surface area contributed by atoms with Gasteiger partial charge >= 0.3 is 11.9 Å². The molecular weight excluding hydrogens is 679 g/mol. The number of esters is 1. The van der Waals surface area contributed by atoms with Gasteiger partial charge in [-0.3, -0.25) is 19.2 Å². The molecule has 0 bridgehead atoms. The number of hydrogen-bond donors (Lipinski definition) is 2. The third-order valence-electron chi connectivity index (χ3n) is 16.6. The van der Waals surface area contributed by atoms with E-state index in [1.54, 1.807) is 25.8 Å². The summed E-state index contributed by atoms with van der Waals surface area (Å²) in [4.78, 5) is 54.0. The van der Waals surface area contributed by atoms with Crippen LogP contribution in [0.15, 0.2) is 41.5 Å². The minimum Gasteiger partial charge on any atom is -0.481 e. The number of likely N-dealkylation sites (N-methyl/N-ethyl adjacent to an activating group) is 1. The van der Waals surface area contributed by atoms with Crippen molar-refractivity contribution in [2.75, 3.05) is 13.6 Å². The first-order valence-electron chi connectivity index (χ1n) is 20.7. The number of allylic oxidation sites excluding steroid dienone is 1. The van der Waals surface area contributed by atoms with Crippen molar-refractivity contribution in [1.82, 2.24) is 4.90 Å². The zero-order valence-electron chi connectivity index (χ0n) is 34.7. The Kier molecular flexibility index (Phi) is 10.5. The molecule has 6 rings (SSSR count). The summed E-state index contributed by atoms with van der Waals surface area (Å²) in [6.07, 6.45) is 6.80. The number of hydrogen-bond acceptors (Lipinski definition) is 6. The Morgan fingerprint density at radius 1 is 0.907 bits per heavy atom. The van der Waals surface area contributed by atoms with Crippen molar-refractivity contribution in [2.45, 2.75) is 145 Å². The number of carbonyl (C=O) groups excluding carboxylic acids is 3. The lowest BCUT2D eigenvalue weighted by molar-refractivity contribution is -0.235. The van der Waals surface area contributed by atoms with Gasteiger partial charge < -0.3 is 19.8 Å². The molecule has 1 aromatic rings. The third kappa shape index (κ3) is 6.29. The first kappa shape index (κ1) is 40.7. The molecule has 8 heteroatoms. The number of rotatable bonds is 10. The fourth-order valence-electron chi connectivity index (χ4n) is 13.4. The minimum absolute atomic E-state index is 0.00650. The number of carbonyl (C=O) groups is 4. The van der Waals surface area contributed by atoms with Crippen molar-refractivity contribution in [3.05, 3.63) is 47.0 Å². The lowest BCUT2D eigenvalue weighted by atomic mass is 9.33. The van der Waals surface area contributed by atoms with Gasteiger partial charge in [-0.15, -0.1) is 0 Å². The molecule has 4 saturated carbocycles. The molecule has 0 unspecified atom stereocenters. The van der Waals surface area contributed by atoms with Gasteiger partial charge in [0.05, 0.1) is 24.4 Å². The Morgan fingerprint density at radius 3 is 2.20 bits per heavy atom. The van der Waals surface area contributed by atoms with E-state index in [9.17, 15) is 29.4 Å². The van der Waals surface area contributed by atoms with E-state index in [1.165, 1.54) is 5.57 Å². The number of carboxylic acids is 1. The van der Waals surface area contributed by atoms with Crippen LogP contribution in [0, 0.1) is 56.2 Å². The van der Waals surface area contributed by atoms with Crippen molar-refractivity contribution in [2.24, 2.45) is 56.2 Å². The molecule has 0 heterocycles. The number of fused-ring (bicyclic) bond motifs is 7. The van der Waals surface area contributed by atoms with Crippen molar-refractivity contribution in [3.63, 3.8) is 0 Å². The van der Waals surface area contributed by atoms with Crippen molar-refractivity contribution in [3.8, 4) is 0 Å². The maximum atomic E-state index is 14.1. The molecule has 9 atom stereocenters. The fourth-order valence-corrected chi connectivity index (χ4v) is 13.4. The predicted octanol–water partition coefficient (Wildman–Crippen LogP) is 8.44. The summed E-state index contributed by atoms with van der Waals surface area (Å²) in [6, 6.07) is 9.71. The highest BCUT2D eigenvalue weighted by Crippen LogP contribution is 2.77. The highest BCUT2D eigenvalue weighted by molar-refractivity contribution is 6.00. The van der Waals surface area contributed by atoms with Crippen molar-refractivity contribution in [1.29, 1.82) is 0 Å². The Morgan fingerprint density at radius 2 is 1.57 bits per heavy atom. The van der Waals surface area contributed by atoms with E-state index in [-0.39, 0.29) is 70.7 Å². The topological polar surface area (TPSA) is 121 Å². The van der Waals surface area contributed by atoms with Gasteiger partial charge in [0.1, 0.15) is 6.10 Å². The van der Waals surface area contributed by atoms with Crippen molar-refractivity contribution >= 4 is 23.6 Å². The van der Waals surface area contributed by atoms with Crippen LogP contribution >= 0.6 is 0 Å². The smallest absolute Gasteiger partial charge is 0.309 e. The SMILES string of the molecule is CC(C)C1=C2[C@H]3CC[C@@H]4[C@@]5(C)CC[C@H](OC(=O)CC(C)(C)C(=O)O)C(C)(C)[C@@H]5CC[C@@]4(C)[C@]3(C)CC[C@@]2([C@@H](O)CN(C)C(=O)Cc2ccccc2)CC1=O. The van der Waals surface area contributed by atoms with Gasteiger partial charge in [-0.2, -0.15) is 0 Å². The first-order chi connectivity index (χ1) is 25.0. The summed E-state index contributed by atoms with van der Waals surface area (Å²) in [5.41, 5.74) is 0.944. The van der Waals surface area contributed by atoms with Crippen LogP contribution in [0.3, 0.4) is 0 Å². The highest BCUT2D eigenvalue weighted by Gasteiger charge is 2.71. The number of benzene rings is 1. The average Bonchev–Trinajstić information content (AvgIpc) is 3.39. The molecule has 4 fully saturated rings. The lowest BCUT2D eigenvalue weighted by Gasteiger charge is -2.72. The number of aliphatic hydroxyl groups is 1. The number of nitrogens with zero attached hydrogens (tertiary/aromatic N) is 1. The maximum Gasteiger partial charge on any atom is 0.309 e. The summed E-state index contributed by atoms with van der Waals surface area (Å²) in [7, 11) is 1.78. The van der Waals surface area contributed by atoms with Gasteiger partial charge in [-0.05, 0) is 116 Å². The second-order valence-electron chi connectivity index (χ2n) is 20.5. The summed E-state index contributed by atoms with van der Waals surface area (Å²) in [5, 5.41) is 21.9. The molecule has 2 N–H and O–H groups in total. The molecular formula is C46H67NO7. The third-order valence-corrected chi connectivity index (χ3v) is 16.6. The zero-order valence-corrected chi connectivity index (χ0v) is 34.7. The van der Waals surface area contributed by atoms with Crippen LogP contribution in [0.5, 0.6) is 0 Å².